The molecule has 0 radical (unpaired) electrons. The zero-order chi connectivity index (χ0) is 10.7. The zero-order valence-corrected chi connectivity index (χ0v) is 9.98. The average molecular weight is 329 g/mol. The lowest BCUT2D eigenvalue weighted by atomic mass is 10.2. The molecule has 0 aliphatic carbocycles. The monoisotopic (exact) mass is 327 g/mol. The van der Waals surface area contributed by atoms with Gasteiger partial charge in [-0.05, 0) is 6.07 Å². The smallest absolute Gasteiger partial charge is 0.280 e. The minimum atomic E-state index is -2.67. The van der Waals surface area contributed by atoms with Gasteiger partial charge in [0.25, 0.3) is 6.43 Å². The van der Waals surface area contributed by atoms with Crippen molar-refractivity contribution in [1.82, 2.24) is 4.98 Å². The molecule has 0 saturated carbocycles. The second-order valence-corrected chi connectivity index (χ2v) is 3.86. The van der Waals surface area contributed by atoms with Crippen LogP contribution in [0.15, 0.2) is 10.5 Å². The van der Waals surface area contributed by atoms with Crippen LogP contribution in [-0.2, 0) is 5.33 Å². The summed E-state index contributed by atoms with van der Waals surface area (Å²) in [5, 5.41) is 0.387. The van der Waals surface area contributed by atoms with Gasteiger partial charge in [0.1, 0.15) is 11.4 Å². The van der Waals surface area contributed by atoms with Crippen molar-refractivity contribution >= 4 is 38.1 Å². The Bertz CT molecular complexity index is 357. The molecule has 76 valence electrons. The number of hydrogen-bond acceptors (Lipinski definition) is 2. The van der Waals surface area contributed by atoms with Crippen LogP contribution in [-0.4, -0.2) is 11.3 Å². The summed E-state index contributed by atoms with van der Waals surface area (Å²) in [6.07, 6.45) is -2.21. The van der Waals surface area contributed by atoms with E-state index >= 15 is 0 Å². The second kappa shape index (κ2) is 4.93. The van der Waals surface area contributed by atoms with Gasteiger partial charge in [-0.15, -0.1) is 0 Å². The summed E-state index contributed by atoms with van der Waals surface area (Å²) in [6, 6.07) is 1.22. The van der Waals surface area contributed by atoms with Gasteiger partial charge in [0.2, 0.25) is 0 Å². The van der Waals surface area contributed by atoms with Crippen LogP contribution < -0.4 is 0 Å². The third kappa shape index (κ3) is 2.36. The molecule has 0 aromatic carbocycles. The van der Waals surface area contributed by atoms with Crippen LogP contribution in [0.4, 0.5) is 8.78 Å². The van der Waals surface area contributed by atoms with Crippen LogP contribution in [0.25, 0.3) is 0 Å². The predicted octanol–water partition coefficient (Wildman–Crippen LogP) is 3.49. The molecule has 0 aliphatic heterocycles. The zero-order valence-electron chi connectivity index (χ0n) is 6.81. The van der Waals surface area contributed by atoms with Crippen LogP contribution >= 0.6 is 31.9 Å². The summed E-state index contributed by atoms with van der Waals surface area (Å²) < 4.78 is 25.0. The lowest BCUT2D eigenvalue weighted by molar-refractivity contribution is 0.111. The van der Waals surface area contributed by atoms with E-state index < -0.39 is 12.1 Å². The minimum absolute atomic E-state index is 0.0338. The first kappa shape index (κ1) is 11.7. The third-order valence-electron chi connectivity index (χ3n) is 1.59. The van der Waals surface area contributed by atoms with E-state index in [9.17, 15) is 13.6 Å². The maximum absolute atomic E-state index is 12.3. The summed E-state index contributed by atoms with van der Waals surface area (Å²) >= 11 is 6.25. The van der Waals surface area contributed by atoms with E-state index in [0.717, 1.165) is 0 Å². The number of aldehydes is 1. The van der Waals surface area contributed by atoms with Gasteiger partial charge >= 0.3 is 0 Å². The summed E-state index contributed by atoms with van der Waals surface area (Å²) in [4.78, 5) is 14.1. The lowest BCUT2D eigenvalue weighted by Crippen LogP contribution is -2.00. The molecule has 0 atom stereocenters. The summed E-state index contributed by atoms with van der Waals surface area (Å²) in [7, 11) is 0. The largest absolute Gasteiger partial charge is 0.296 e. The Morgan fingerprint density at radius 2 is 2.21 bits per heavy atom. The molecule has 6 heteroatoms. The first-order valence-corrected chi connectivity index (χ1v) is 5.50. The van der Waals surface area contributed by atoms with Gasteiger partial charge in [-0.3, -0.25) is 4.79 Å². The molecule has 1 rings (SSSR count). The summed E-state index contributed by atoms with van der Waals surface area (Å²) in [5.41, 5.74) is 0.208. The van der Waals surface area contributed by atoms with Crippen molar-refractivity contribution in [3.8, 4) is 0 Å². The quantitative estimate of drug-likeness (QED) is 0.628. The van der Waals surface area contributed by atoms with Gasteiger partial charge in [-0.2, -0.15) is 0 Å². The van der Waals surface area contributed by atoms with Crippen LogP contribution in [0.5, 0.6) is 0 Å². The van der Waals surface area contributed by atoms with Gasteiger partial charge in [0.15, 0.2) is 6.29 Å². The van der Waals surface area contributed by atoms with Crippen LogP contribution in [0.2, 0.25) is 0 Å². The number of pyridine rings is 1. The SMILES string of the molecule is O=Cc1nc(C(F)F)cc(Br)c1CBr. The highest BCUT2D eigenvalue weighted by molar-refractivity contribution is 9.10. The fourth-order valence-electron chi connectivity index (χ4n) is 0.920. The topological polar surface area (TPSA) is 30.0 Å². The molecule has 14 heavy (non-hydrogen) atoms. The molecular formula is C8H5Br2F2NO. The molecule has 0 spiro atoms. The Hall–Kier alpha value is -0.360. The second-order valence-electron chi connectivity index (χ2n) is 2.44. The van der Waals surface area contributed by atoms with Crippen LogP contribution in [0, 0.1) is 0 Å². The number of rotatable bonds is 3. The highest BCUT2D eigenvalue weighted by atomic mass is 79.9. The molecule has 0 saturated heterocycles. The molecule has 0 bridgehead atoms. The van der Waals surface area contributed by atoms with E-state index in [1.165, 1.54) is 6.07 Å². The van der Waals surface area contributed by atoms with E-state index in [1.807, 2.05) is 0 Å². The Morgan fingerprint density at radius 3 is 2.64 bits per heavy atom. The van der Waals surface area contributed by atoms with Crippen molar-refractivity contribution < 1.29 is 13.6 Å². The van der Waals surface area contributed by atoms with Gasteiger partial charge in [0, 0.05) is 15.4 Å². The van der Waals surface area contributed by atoms with Crippen molar-refractivity contribution in [2.45, 2.75) is 11.8 Å². The molecular weight excluding hydrogens is 324 g/mol. The van der Waals surface area contributed by atoms with Crippen molar-refractivity contribution in [1.29, 1.82) is 0 Å². The Labute approximate surface area is 96.0 Å². The molecule has 1 aromatic rings. The molecule has 1 aromatic heterocycles. The number of halogens is 4. The molecule has 1 heterocycles. The Kier molecular flexibility index (Phi) is 4.12. The molecule has 0 amide bonds. The van der Waals surface area contributed by atoms with E-state index in [0.29, 0.717) is 21.7 Å². The normalized spacial score (nSPS) is 10.6. The first-order valence-electron chi connectivity index (χ1n) is 3.58. The molecule has 2 nitrogen and oxygen atoms in total. The maximum atomic E-state index is 12.3. The molecule has 0 fully saturated rings. The number of carbonyl (C=O) groups excluding carboxylic acids is 1. The van der Waals surface area contributed by atoms with E-state index in [1.54, 1.807) is 0 Å². The minimum Gasteiger partial charge on any atom is -0.296 e. The highest BCUT2D eigenvalue weighted by Gasteiger charge is 2.15. The number of carbonyl (C=O) groups is 1. The predicted molar refractivity (Wildman–Crippen MR) is 54.9 cm³/mol. The Morgan fingerprint density at radius 1 is 1.57 bits per heavy atom. The number of alkyl halides is 3. The van der Waals surface area contributed by atoms with Crippen molar-refractivity contribution in [3.63, 3.8) is 0 Å². The highest BCUT2D eigenvalue weighted by Crippen LogP contribution is 2.26. The third-order valence-corrected chi connectivity index (χ3v) is 2.86. The number of nitrogens with zero attached hydrogens (tertiary/aromatic N) is 1. The maximum Gasteiger partial charge on any atom is 0.280 e. The number of hydrogen-bond donors (Lipinski definition) is 0. The standard InChI is InChI=1S/C8H5Br2F2NO/c9-2-4-5(10)1-6(8(11)12)13-7(4)3-14/h1,3,8H,2H2. The molecule has 0 N–H and O–H groups in total. The lowest BCUT2D eigenvalue weighted by Gasteiger charge is -2.06. The van der Waals surface area contributed by atoms with E-state index in [2.05, 4.69) is 36.8 Å². The van der Waals surface area contributed by atoms with Crippen molar-refractivity contribution in [2.75, 3.05) is 0 Å². The first-order chi connectivity index (χ1) is 6.60. The average Bonchev–Trinajstić information content (AvgIpc) is 2.16. The molecule has 0 aliphatic rings. The molecule has 0 unspecified atom stereocenters. The summed E-state index contributed by atoms with van der Waals surface area (Å²) in [5.74, 6) is 0. The summed E-state index contributed by atoms with van der Waals surface area (Å²) in [6.45, 7) is 0. The van der Waals surface area contributed by atoms with Crippen molar-refractivity contribution in [3.05, 3.63) is 27.5 Å². The number of aromatic nitrogens is 1. The van der Waals surface area contributed by atoms with Gasteiger partial charge < -0.3 is 0 Å². The van der Waals surface area contributed by atoms with Gasteiger partial charge in [-0.25, -0.2) is 13.8 Å². The van der Waals surface area contributed by atoms with Crippen molar-refractivity contribution in [2.24, 2.45) is 0 Å². The fourth-order valence-corrected chi connectivity index (χ4v) is 2.46. The fraction of sp³-hybridized carbons (Fsp3) is 0.250. The van der Waals surface area contributed by atoms with E-state index in [4.69, 9.17) is 0 Å². The van der Waals surface area contributed by atoms with Gasteiger partial charge in [-0.1, -0.05) is 31.9 Å². The van der Waals surface area contributed by atoms with Crippen LogP contribution in [0.3, 0.4) is 0 Å². The van der Waals surface area contributed by atoms with Gasteiger partial charge in [0.05, 0.1) is 0 Å². The van der Waals surface area contributed by atoms with Crippen LogP contribution in [0.1, 0.15) is 28.2 Å². The Balaban J connectivity index is 3.31. The van der Waals surface area contributed by atoms with E-state index in [-0.39, 0.29) is 5.69 Å².